The summed E-state index contributed by atoms with van der Waals surface area (Å²) in [5, 5.41) is 3.48. The van der Waals surface area contributed by atoms with E-state index in [9.17, 15) is 4.79 Å². The number of nitrogens with one attached hydrogen (secondary N) is 1. The zero-order chi connectivity index (χ0) is 14.1. The summed E-state index contributed by atoms with van der Waals surface area (Å²) in [7, 11) is 1.47. The molecule has 0 spiro atoms. The molecule has 3 atom stereocenters. The van der Waals surface area contributed by atoms with Gasteiger partial charge >= 0.3 is 5.97 Å². The van der Waals surface area contributed by atoms with Crippen molar-refractivity contribution < 1.29 is 9.53 Å². The van der Waals surface area contributed by atoms with Crippen LogP contribution in [-0.4, -0.2) is 25.2 Å². The topological polar surface area (TPSA) is 38.3 Å². The van der Waals surface area contributed by atoms with E-state index in [1.165, 1.54) is 13.5 Å². The van der Waals surface area contributed by atoms with Crippen LogP contribution in [0.3, 0.4) is 0 Å². The molecule has 3 heteroatoms. The van der Waals surface area contributed by atoms with Crippen LogP contribution in [0, 0.1) is 11.8 Å². The van der Waals surface area contributed by atoms with Gasteiger partial charge < -0.3 is 10.1 Å². The summed E-state index contributed by atoms with van der Waals surface area (Å²) in [6, 6.07) is 0.242. The Morgan fingerprint density at radius 3 is 2.11 bits per heavy atom. The molecule has 0 aromatic carbocycles. The third-order valence-corrected chi connectivity index (χ3v) is 3.51. The van der Waals surface area contributed by atoms with E-state index in [1.54, 1.807) is 0 Å². The van der Waals surface area contributed by atoms with Gasteiger partial charge in [0, 0.05) is 6.04 Å². The van der Waals surface area contributed by atoms with E-state index in [0.29, 0.717) is 17.9 Å². The number of esters is 1. The van der Waals surface area contributed by atoms with E-state index in [0.717, 1.165) is 19.3 Å². The molecule has 18 heavy (non-hydrogen) atoms. The van der Waals surface area contributed by atoms with Crippen LogP contribution in [0.2, 0.25) is 0 Å². The van der Waals surface area contributed by atoms with Crippen molar-refractivity contribution in [2.75, 3.05) is 7.11 Å². The number of carbonyl (C=O) groups excluding carboxylic acids is 1. The number of hydrogen-bond acceptors (Lipinski definition) is 3. The van der Waals surface area contributed by atoms with Gasteiger partial charge in [0.25, 0.3) is 0 Å². The molecule has 0 radical (unpaired) electrons. The average Bonchev–Trinajstić information content (AvgIpc) is 2.34. The van der Waals surface area contributed by atoms with Crippen LogP contribution in [0.5, 0.6) is 0 Å². The van der Waals surface area contributed by atoms with Crippen LogP contribution in [0.25, 0.3) is 0 Å². The Morgan fingerprint density at radius 1 is 1.11 bits per heavy atom. The lowest BCUT2D eigenvalue weighted by molar-refractivity contribution is -0.143. The van der Waals surface area contributed by atoms with Crippen LogP contribution >= 0.6 is 0 Å². The predicted octanol–water partition coefficient (Wildman–Crippen LogP) is 3.38. The first kappa shape index (κ1) is 17.4. The molecule has 0 aliphatic rings. The standard InChI is InChI=1S/C15H31NO2/c1-7-12(5)10-13(8-2)16-14(9-11(3)4)15(17)18-6/h11-14,16H,7-10H2,1-6H3. The molecular weight excluding hydrogens is 226 g/mol. The minimum Gasteiger partial charge on any atom is -0.468 e. The van der Waals surface area contributed by atoms with Gasteiger partial charge in [-0.3, -0.25) is 4.79 Å². The van der Waals surface area contributed by atoms with Gasteiger partial charge in [-0.25, -0.2) is 0 Å². The zero-order valence-corrected chi connectivity index (χ0v) is 13.0. The lowest BCUT2D eigenvalue weighted by Gasteiger charge is -2.26. The molecule has 0 aliphatic heterocycles. The van der Waals surface area contributed by atoms with Crippen LogP contribution in [0.1, 0.15) is 60.3 Å². The van der Waals surface area contributed by atoms with Gasteiger partial charge in [0.2, 0.25) is 0 Å². The highest BCUT2D eigenvalue weighted by Gasteiger charge is 2.23. The predicted molar refractivity (Wildman–Crippen MR) is 76.5 cm³/mol. The fourth-order valence-corrected chi connectivity index (χ4v) is 2.14. The van der Waals surface area contributed by atoms with Crippen molar-refractivity contribution in [3.63, 3.8) is 0 Å². The van der Waals surface area contributed by atoms with Crippen molar-refractivity contribution >= 4 is 5.97 Å². The van der Waals surface area contributed by atoms with E-state index < -0.39 is 0 Å². The lowest BCUT2D eigenvalue weighted by atomic mass is 9.95. The second-order valence-corrected chi connectivity index (χ2v) is 5.73. The Kier molecular flexibility index (Phi) is 9.08. The minimum atomic E-state index is -0.163. The van der Waals surface area contributed by atoms with Gasteiger partial charge in [0.1, 0.15) is 6.04 Å². The molecule has 0 rings (SSSR count). The van der Waals surface area contributed by atoms with Crippen LogP contribution in [0.15, 0.2) is 0 Å². The van der Waals surface area contributed by atoms with Crippen molar-refractivity contribution in [2.45, 2.75) is 72.4 Å². The molecule has 0 aromatic heterocycles. The molecule has 3 unspecified atom stereocenters. The highest BCUT2D eigenvalue weighted by atomic mass is 16.5. The maximum absolute atomic E-state index is 11.8. The average molecular weight is 257 g/mol. The molecule has 0 bridgehead atoms. The monoisotopic (exact) mass is 257 g/mol. The maximum Gasteiger partial charge on any atom is 0.322 e. The van der Waals surface area contributed by atoms with Crippen molar-refractivity contribution in [3.05, 3.63) is 0 Å². The van der Waals surface area contributed by atoms with Gasteiger partial charge in [0.05, 0.1) is 7.11 Å². The fraction of sp³-hybridized carbons (Fsp3) is 0.933. The largest absolute Gasteiger partial charge is 0.468 e. The molecule has 3 nitrogen and oxygen atoms in total. The van der Waals surface area contributed by atoms with Gasteiger partial charge in [-0.1, -0.05) is 41.0 Å². The van der Waals surface area contributed by atoms with E-state index in [-0.39, 0.29) is 12.0 Å². The fourth-order valence-electron chi connectivity index (χ4n) is 2.14. The van der Waals surface area contributed by atoms with Gasteiger partial charge in [-0.2, -0.15) is 0 Å². The first-order chi connectivity index (χ1) is 8.44. The molecule has 0 aliphatic carbocycles. The summed E-state index contributed by atoms with van der Waals surface area (Å²) < 4.78 is 4.89. The second kappa shape index (κ2) is 9.37. The smallest absolute Gasteiger partial charge is 0.322 e. The Morgan fingerprint density at radius 2 is 1.72 bits per heavy atom. The number of methoxy groups -OCH3 is 1. The normalized spacial score (nSPS) is 16.4. The van der Waals surface area contributed by atoms with E-state index in [2.05, 4.69) is 39.9 Å². The molecule has 0 saturated heterocycles. The molecular formula is C15H31NO2. The quantitative estimate of drug-likeness (QED) is 0.644. The van der Waals surface area contributed by atoms with Gasteiger partial charge in [-0.15, -0.1) is 0 Å². The van der Waals surface area contributed by atoms with Crippen molar-refractivity contribution in [1.82, 2.24) is 5.32 Å². The molecule has 0 amide bonds. The van der Waals surface area contributed by atoms with Crippen LogP contribution < -0.4 is 5.32 Å². The molecule has 0 fully saturated rings. The van der Waals surface area contributed by atoms with Crippen molar-refractivity contribution in [2.24, 2.45) is 11.8 Å². The summed E-state index contributed by atoms with van der Waals surface area (Å²) >= 11 is 0. The van der Waals surface area contributed by atoms with Crippen molar-refractivity contribution in [1.29, 1.82) is 0 Å². The molecule has 0 heterocycles. The number of ether oxygens (including phenoxy) is 1. The third kappa shape index (κ3) is 7.00. The summed E-state index contributed by atoms with van der Waals surface area (Å²) in [6.07, 6.45) is 4.20. The first-order valence-electron chi connectivity index (χ1n) is 7.28. The number of carbonyl (C=O) groups is 1. The summed E-state index contributed by atoms with van der Waals surface area (Å²) in [5.74, 6) is 1.05. The summed E-state index contributed by atoms with van der Waals surface area (Å²) in [4.78, 5) is 11.8. The number of hydrogen-bond donors (Lipinski definition) is 1. The molecule has 108 valence electrons. The van der Waals surface area contributed by atoms with Gasteiger partial charge in [-0.05, 0) is 31.1 Å². The minimum absolute atomic E-state index is 0.133. The Bertz CT molecular complexity index is 229. The third-order valence-electron chi connectivity index (χ3n) is 3.51. The summed E-state index contributed by atoms with van der Waals surface area (Å²) in [6.45, 7) is 10.9. The van der Waals surface area contributed by atoms with E-state index in [1.807, 2.05) is 0 Å². The SMILES string of the molecule is CCC(C)CC(CC)NC(CC(C)C)C(=O)OC. The lowest BCUT2D eigenvalue weighted by Crippen LogP contribution is -2.45. The molecule has 0 saturated carbocycles. The summed E-state index contributed by atoms with van der Waals surface area (Å²) in [5.41, 5.74) is 0. The second-order valence-electron chi connectivity index (χ2n) is 5.73. The Hall–Kier alpha value is -0.570. The highest BCUT2D eigenvalue weighted by molar-refractivity contribution is 5.75. The van der Waals surface area contributed by atoms with Gasteiger partial charge in [0.15, 0.2) is 0 Å². The number of rotatable bonds is 9. The Labute approximate surface area is 113 Å². The van der Waals surface area contributed by atoms with Crippen LogP contribution in [0.4, 0.5) is 0 Å². The Balaban J connectivity index is 4.46. The van der Waals surface area contributed by atoms with E-state index >= 15 is 0 Å². The maximum atomic E-state index is 11.8. The molecule has 0 aromatic rings. The van der Waals surface area contributed by atoms with Crippen LogP contribution in [-0.2, 0) is 9.53 Å². The van der Waals surface area contributed by atoms with Crippen molar-refractivity contribution in [3.8, 4) is 0 Å². The molecule has 1 N–H and O–H groups in total. The van der Waals surface area contributed by atoms with E-state index in [4.69, 9.17) is 4.74 Å². The highest BCUT2D eigenvalue weighted by Crippen LogP contribution is 2.15. The zero-order valence-electron chi connectivity index (χ0n) is 13.0. The first-order valence-corrected chi connectivity index (χ1v) is 7.28.